The number of hydrogen-bond acceptors (Lipinski definition) is 2. The molecule has 2 atom stereocenters. The van der Waals surface area contributed by atoms with Gasteiger partial charge in [-0.2, -0.15) is 0 Å². The highest BCUT2D eigenvalue weighted by atomic mass is 35.5. The molecule has 1 fully saturated rings. The first kappa shape index (κ1) is 14.8. The van der Waals surface area contributed by atoms with Crippen LogP contribution in [0.15, 0.2) is 18.2 Å². The van der Waals surface area contributed by atoms with Crippen molar-refractivity contribution in [2.75, 3.05) is 5.32 Å². The molecular weight excluding hydrogens is 285 g/mol. The number of halogens is 2. The number of benzene rings is 1. The maximum atomic E-state index is 13.2. The lowest BCUT2D eigenvalue weighted by Gasteiger charge is -2.27. The summed E-state index contributed by atoms with van der Waals surface area (Å²) in [6.45, 7) is 0. The minimum Gasteiger partial charge on any atom is -0.481 e. The van der Waals surface area contributed by atoms with Gasteiger partial charge in [-0.3, -0.25) is 9.59 Å². The van der Waals surface area contributed by atoms with Crippen LogP contribution in [0.25, 0.3) is 0 Å². The van der Waals surface area contributed by atoms with Gasteiger partial charge in [0.2, 0.25) is 5.91 Å². The maximum absolute atomic E-state index is 13.2. The zero-order valence-corrected chi connectivity index (χ0v) is 11.5. The fourth-order valence-electron chi connectivity index (χ4n) is 2.60. The van der Waals surface area contributed by atoms with Crippen LogP contribution in [0.1, 0.15) is 25.7 Å². The predicted molar refractivity (Wildman–Crippen MR) is 73.1 cm³/mol. The van der Waals surface area contributed by atoms with Crippen molar-refractivity contribution < 1.29 is 19.1 Å². The molecule has 6 heteroatoms. The van der Waals surface area contributed by atoms with Gasteiger partial charge in [-0.05, 0) is 31.0 Å². The zero-order valence-electron chi connectivity index (χ0n) is 10.7. The van der Waals surface area contributed by atoms with Gasteiger partial charge in [0.05, 0.1) is 11.8 Å². The van der Waals surface area contributed by atoms with E-state index in [0.29, 0.717) is 12.8 Å². The van der Waals surface area contributed by atoms with Crippen molar-refractivity contribution in [1.82, 2.24) is 0 Å². The Morgan fingerprint density at radius 2 is 1.85 bits per heavy atom. The summed E-state index contributed by atoms with van der Waals surface area (Å²) in [5, 5.41) is 11.9. The van der Waals surface area contributed by atoms with Crippen LogP contribution in [-0.2, 0) is 9.59 Å². The van der Waals surface area contributed by atoms with Gasteiger partial charge in [0, 0.05) is 10.7 Å². The molecule has 1 saturated carbocycles. The lowest BCUT2D eigenvalue weighted by molar-refractivity contribution is -0.147. The maximum Gasteiger partial charge on any atom is 0.307 e. The van der Waals surface area contributed by atoms with E-state index in [4.69, 9.17) is 16.7 Å². The summed E-state index contributed by atoms with van der Waals surface area (Å²) < 4.78 is 13.2. The van der Waals surface area contributed by atoms with E-state index in [2.05, 4.69) is 5.32 Å². The highest BCUT2D eigenvalue weighted by molar-refractivity contribution is 6.30. The minimum atomic E-state index is -0.956. The summed E-state index contributed by atoms with van der Waals surface area (Å²) in [5.74, 6) is -3.15. The third kappa shape index (κ3) is 3.48. The highest BCUT2D eigenvalue weighted by Gasteiger charge is 2.35. The number of amides is 1. The Morgan fingerprint density at radius 1 is 1.20 bits per heavy atom. The molecule has 0 bridgehead atoms. The largest absolute Gasteiger partial charge is 0.481 e. The van der Waals surface area contributed by atoms with Crippen LogP contribution in [0.4, 0.5) is 10.1 Å². The number of nitrogens with one attached hydrogen (secondary N) is 1. The molecule has 0 spiro atoms. The van der Waals surface area contributed by atoms with E-state index in [9.17, 15) is 14.0 Å². The Kier molecular flexibility index (Phi) is 4.60. The number of aliphatic carboxylic acids is 1. The second-order valence-electron chi connectivity index (χ2n) is 4.98. The quantitative estimate of drug-likeness (QED) is 0.900. The summed E-state index contributed by atoms with van der Waals surface area (Å²) in [4.78, 5) is 23.3. The molecule has 1 aliphatic rings. The first-order valence-corrected chi connectivity index (χ1v) is 6.85. The molecule has 1 amide bonds. The van der Waals surface area contributed by atoms with E-state index < -0.39 is 29.5 Å². The summed E-state index contributed by atoms with van der Waals surface area (Å²) in [6.07, 6.45) is 2.67. The number of carbonyl (C=O) groups is 2. The molecule has 1 aliphatic carbocycles. The zero-order chi connectivity index (χ0) is 14.7. The lowest BCUT2D eigenvalue weighted by atomic mass is 9.78. The van der Waals surface area contributed by atoms with Crippen molar-refractivity contribution >= 4 is 29.2 Å². The fraction of sp³-hybridized carbons (Fsp3) is 0.429. The van der Waals surface area contributed by atoms with Gasteiger partial charge < -0.3 is 10.4 Å². The van der Waals surface area contributed by atoms with E-state index in [-0.39, 0.29) is 10.7 Å². The van der Waals surface area contributed by atoms with Crippen molar-refractivity contribution in [3.63, 3.8) is 0 Å². The smallest absolute Gasteiger partial charge is 0.307 e. The predicted octanol–water partition coefficient (Wildman–Crippen LogP) is 3.31. The van der Waals surface area contributed by atoms with Crippen molar-refractivity contribution in [1.29, 1.82) is 0 Å². The van der Waals surface area contributed by atoms with Gasteiger partial charge in [-0.25, -0.2) is 4.39 Å². The third-order valence-corrected chi connectivity index (χ3v) is 3.77. The number of carboxylic acid groups (broad SMARTS) is 1. The molecule has 0 saturated heterocycles. The van der Waals surface area contributed by atoms with E-state index >= 15 is 0 Å². The molecule has 0 radical (unpaired) electrons. The van der Waals surface area contributed by atoms with Gasteiger partial charge >= 0.3 is 5.97 Å². The van der Waals surface area contributed by atoms with E-state index in [1.54, 1.807) is 0 Å². The van der Waals surface area contributed by atoms with Gasteiger partial charge in [-0.15, -0.1) is 0 Å². The topological polar surface area (TPSA) is 66.4 Å². The van der Waals surface area contributed by atoms with E-state index in [1.807, 2.05) is 0 Å². The van der Waals surface area contributed by atoms with Crippen LogP contribution >= 0.6 is 11.6 Å². The Balaban J connectivity index is 2.11. The number of carbonyl (C=O) groups excluding carboxylic acids is 1. The van der Waals surface area contributed by atoms with Crippen molar-refractivity contribution in [2.24, 2.45) is 11.8 Å². The van der Waals surface area contributed by atoms with Crippen LogP contribution in [0.5, 0.6) is 0 Å². The van der Waals surface area contributed by atoms with Gasteiger partial charge in [0.15, 0.2) is 0 Å². The molecule has 0 unspecified atom stereocenters. The average Bonchev–Trinajstić information content (AvgIpc) is 2.37. The average molecular weight is 300 g/mol. The molecule has 0 heterocycles. The molecule has 0 aliphatic heterocycles. The van der Waals surface area contributed by atoms with Crippen molar-refractivity contribution in [3.8, 4) is 0 Å². The SMILES string of the molecule is O=C(O)[C@H]1CCCC[C@H]1C(=O)Nc1cc(F)cc(Cl)c1. The molecule has 20 heavy (non-hydrogen) atoms. The molecule has 2 rings (SSSR count). The van der Waals surface area contributed by atoms with Crippen LogP contribution in [-0.4, -0.2) is 17.0 Å². The normalized spacial score (nSPS) is 22.3. The minimum absolute atomic E-state index is 0.179. The van der Waals surface area contributed by atoms with Crippen LogP contribution in [0.2, 0.25) is 5.02 Å². The third-order valence-electron chi connectivity index (χ3n) is 3.55. The second-order valence-corrected chi connectivity index (χ2v) is 5.42. The van der Waals surface area contributed by atoms with Gasteiger partial charge in [-0.1, -0.05) is 24.4 Å². The molecule has 1 aromatic rings. The Bertz CT molecular complexity index is 515. The lowest BCUT2D eigenvalue weighted by Crippen LogP contribution is -2.36. The number of anilines is 1. The Hall–Kier alpha value is -1.62. The summed E-state index contributed by atoms with van der Waals surface area (Å²) in [7, 11) is 0. The van der Waals surface area contributed by atoms with Crippen molar-refractivity contribution in [2.45, 2.75) is 25.7 Å². The Morgan fingerprint density at radius 3 is 2.45 bits per heavy atom. The summed E-state index contributed by atoms with van der Waals surface area (Å²) in [5.41, 5.74) is 0.245. The van der Waals surface area contributed by atoms with Crippen LogP contribution in [0.3, 0.4) is 0 Å². The summed E-state index contributed by atoms with van der Waals surface area (Å²) >= 11 is 5.71. The molecule has 108 valence electrons. The van der Waals surface area contributed by atoms with E-state index in [0.717, 1.165) is 25.0 Å². The molecule has 2 N–H and O–H groups in total. The van der Waals surface area contributed by atoms with Crippen molar-refractivity contribution in [3.05, 3.63) is 29.0 Å². The first-order chi connectivity index (χ1) is 9.47. The van der Waals surface area contributed by atoms with E-state index in [1.165, 1.54) is 6.07 Å². The monoisotopic (exact) mass is 299 g/mol. The molecule has 4 nitrogen and oxygen atoms in total. The highest BCUT2D eigenvalue weighted by Crippen LogP contribution is 2.31. The molecular formula is C14H15ClFNO3. The van der Waals surface area contributed by atoms with Crippen LogP contribution < -0.4 is 5.32 Å². The summed E-state index contributed by atoms with van der Waals surface area (Å²) in [6, 6.07) is 3.72. The number of carboxylic acids is 1. The van der Waals surface area contributed by atoms with Crippen LogP contribution in [0, 0.1) is 17.7 Å². The molecule has 1 aromatic carbocycles. The molecule has 0 aromatic heterocycles. The van der Waals surface area contributed by atoms with Gasteiger partial charge in [0.25, 0.3) is 0 Å². The van der Waals surface area contributed by atoms with Gasteiger partial charge in [0.1, 0.15) is 5.82 Å². The first-order valence-electron chi connectivity index (χ1n) is 6.47. The Labute approximate surface area is 120 Å². The second kappa shape index (κ2) is 6.22. The standard InChI is InChI=1S/C14H15ClFNO3/c15-8-5-9(16)7-10(6-8)17-13(18)11-3-1-2-4-12(11)14(19)20/h5-7,11-12H,1-4H2,(H,17,18)(H,19,20)/t11-,12+/m1/s1. The number of rotatable bonds is 3. The fourth-order valence-corrected chi connectivity index (χ4v) is 2.82. The number of hydrogen-bond donors (Lipinski definition) is 2.